The second kappa shape index (κ2) is 8.60. The van der Waals surface area contributed by atoms with Crippen molar-refractivity contribution < 1.29 is 38.9 Å². The van der Waals surface area contributed by atoms with Gasteiger partial charge in [-0.1, -0.05) is 12.2 Å². The summed E-state index contributed by atoms with van der Waals surface area (Å²) in [4.78, 5) is 34.3. The molecule has 10 nitrogen and oxygen atoms in total. The van der Waals surface area contributed by atoms with Gasteiger partial charge in [-0.15, -0.1) is 23.4 Å². The Morgan fingerprint density at radius 1 is 1.17 bits per heavy atom. The van der Waals surface area contributed by atoms with E-state index in [1.54, 1.807) is 18.4 Å². The van der Waals surface area contributed by atoms with E-state index >= 15 is 0 Å². The minimum atomic E-state index is -1.82. The van der Waals surface area contributed by atoms with Crippen molar-refractivity contribution in [2.75, 3.05) is 33.8 Å². The average molecular weight is 559 g/mol. The minimum Gasteiger partial charge on any atom is -0.493 e. The number of aliphatic hydroxyl groups is 2. The molecule has 5 rings (SSSR count). The number of methoxy groups -OCH3 is 2. The number of likely N-dealkylation sites (N-methyl/N-ethyl adjacent to an activating group) is 1. The number of halogens is 1. The van der Waals surface area contributed by atoms with Crippen LogP contribution in [0.15, 0.2) is 24.3 Å². The van der Waals surface area contributed by atoms with Gasteiger partial charge in [0.25, 0.3) is 11.6 Å². The zero-order valence-electron chi connectivity index (χ0n) is 20.3. The van der Waals surface area contributed by atoms with Crippen molar-refractivity contribution in [2.24, 2.45) is 0 Å². The van der Waals surface area contributed by atoms with Crippen molar-refractivity contribution in [3.05, 3.63) is 29.8 Å². The number of amides is 2. The van der Waals surface area contributed by atoms with Crippen LogP contribution in [0.4, 0.5) is 0 Å². The van der Waals surface area contributed by atoms with Crippen LogP contribution in [-0.2, 0) is 14.4 Å². The topological polar surface area (TPSA) is 118 Å². The number of benzene rings is 1. The number of fused-ring (bicyclic) bond motifs is 3. The van der Waals surface area contributed by atoms with E-state index in [4.69, 9.17) is 30.6 Å². The van der Waals surface area contributed by atoms with Crippen LogP contribution in [0.2, 0.25) is 0 Å². The van der Waals surface area contributed by atoms with E-state index in [9.17, 15) is 19.8 Å². The van der Waals surface area contributed by atoms with E-state index in [2.05, 4.69) is 0 Å². The lowest BCUT2D eigenvalue weighted by molar-refractivity contribution is -0.326. The van der Waals surface area contributed by atoms with Gasteiger partial charge in [0.15, 0.2) is 16.4 Å². The molecule has 1 aromatic carbocycles. The standard InChI is InChI=1S/C23H27ClN2O8S2/c1-25-19(28)22(36-5)10-21(30)14(24)9-7-12(27)17(21)34-26(22)20(29)23(25)18(35-4)11-6-8-13(31-2)16(32-3)15(11)33-23/h6-9,12,14,17-18,27,30H,10H2,1-5H3/t12-,14-,17+,18-,21+,22-,23+/m1/s1. The quantitative estimate of drug-likeness (QED) is 0.416. The molecule has 1 aliphatic carbocycles. The van der Waals surface area contributed by atoms with Gasteiger partial charge in [-0.05, 0) is 24.6 Å². The van der Waals surface area contributed by atoms with E-state index in [1.165, 1.54) is 50.1 Å². The van der Waals surface area contributed by atoms with Crippen LogP contribution in [0.5, 0.6) is 17.2 Å². The molecule has 1 aromatic rings. The molecule has 1 spiro atoms. The van der Waals surface area contributed by atoms with Crippen LogP contribution in [0.25, 0.3) is 0 Å². The molecule has 2 N–H and O–H groups in total. The highest BCUT2D eigenvalue weighted by atomic mass is 35.5. The zero-order chi connectivity index (χ0) is 26.2. The Bertz CT molecular complexity index is 1160. The summed E-state index contributed by atoms with van der Waals surface area (Å²) in [5.74, 6) is -0.158. The number of ether oxygens (including phenoxy) is 3. The molecular weight excluding hydrogens is 532 g/mol. The second-order valence-electron chi connectivity index (χ2n) is 9.06. The minimum absolute atomic E-state index is 0.250. The maximum absolute atomic E-state index is 14.4. The summed E-state index contributed by atoms with van der Waals surface area (Å²) in [6.07, 6.45) is 3.58. The van der Waals surface area contributed by atoms with Crippen molar-refractivity contribution in [2.45, 2.75) is 45.5 Å². The summed E-state index contributed by atoms with van der Waals surface area (Å²) in [6.45, 7) is 0. The Morgan fingerprint density at radius 3 is 2.50 bits per heavy atom. The monoisotopic (exact) mass is 558 g/mol. The molecule has 36 heavy (non-hydrogen) atoms. The molecule has 3 aliphatic heterocycles. The largest absolute Gasteiger partial charge is 0.493 e. The van der Waals surface area contributed by atoms with Crippen LogP contribution >= 0.6 is 35.1 Å². The van der Waals surface area contributed by atoms with Gasteiger partial charge in [-0.2, -0.15) is 16.8 Å². The number of hydrogen-bond acceptors (Lipinski definition) is 10. The fraction of sp³-hybridized carbons (Fsp3) is 0.565. The zero-order valence-corrected chi connectivity index (χ0v) is 22.6. The summed E-state index contributed by atoms with van der Waals surface area (Å²) in [5, 5.41) is 21.5. The van der Waals surface area contributed by atoms with E-state index in [-0.39, 0.29) is 12.2 Å². The number of nitrogens with zero attached hydrogens (tertiary/aromatic N) is 2. The third kappa shape index (κ3) is 2.99. The van der Waals surface area contributed by atoms with Gasteiger partial charge >= 0.3 is 5.91 Å². The number of piperazine rings is 1. The molecular formula is C23H27ClN2O8S2. The fourth-order valence-corrected chi connectivity index (χ4v) is 7.92. The lowest BCUT2D eigenvalue weighted by Gasteiger charge is -2.60. The third-order valence-electron chi connectivity index (χ3n) is 7.45. The van der Waals surface area contributed by atoms with Crippen LogP contribution in [-0.4, -0.2) is 99.6 Å². The molecule has 2 saturated heterocycles. The maximum atomic E-state index is 14.4. The normalized spacial score (nSPS) is 39.0. The smallest absolute Gasteiger partial charge is 0.315 e. The first-order valence-corrected chi connectivity index (χ1v) is 14.1. The molecule has 13 heteroatoms. The summed E-state index contributed by atoms with van der Waals surface area (Å²) < 4.78 is 17.3. The molecule has 196 valence electrons. The maximum Gasteiger partial charge on any atom is 0.315 e. The number of alkyl halides is 1. The van der Waals surface area contributed by atoms with E-state index in [1.807, 2.05) is 6.26 Å². The predicted octanol–water partition coefficient (Wildman–Crippen LogP) is 1.53. The van der Waals surface area contributed by atoms with Gasteiger partial charge < -0.3 is 24.4 Å². The first kappa shape index (κ1) is 25.8. The Morgan fingerprint density at radius 2 is 1.89 bits per heavy atom. The number of hydroxylamine groups is 2. The second-order valence-corrected chi connectivity index (χ2v) is 11.6. The van der Waals surface area contributed by atoms with E-state index in [0.29, 0.717) is 17.1 Å². The van der Waals surface area contributed by atoms with E-state index in [0.717, 1.165) is 16.8 Å². The van der Waals surface area contributed by atoms with Gasteiger partial charge in [-0.25, -0.2) is 0 Å². The highest BCUT2D eigenvalue weighted by molar-refractivity contribution is 8.00. The molecule has 2 amide bonds. The number of carbonyl (C=O) groups excluding carboxylic acids is 2. The average Bonchev–Trinajstić information content (AvgIpc) is 3.22. The molecule has 3 heterocycles. The first-order valence-electron chi connectivity index (χ1n) is 11.1. The fourth-order valence-electron chi connectivity index (χ4n) is 5.59. The van der Waals surface area contributed by atoms with Crippen molar-refractivity contribution in [1.29, 1.82) is 0 Å². The van der Waals surface area contributed by atoms with Crippen LogP contribution in [0.1, 0.15) is 17.2 Å². The number of thioether (sulfide) groups is 2. The van der Waals surface area contributed by atoms with Gasteiger partial charge in [0.2, 0.25) is 5.75 Å². The summed E-state index contributed by atoms with van der Waals surface area (Å²) in [6, 6.07) is 3.49. The van der Waals surface area contributed by atoms with Crippen LogP contribution in [0, 0.1) is 0 Å². The summed E-state index contributed by atoms with van der Waals surface area (Å²) in [7, 11) is 4.45. The van der Waals surface area contributed by atoms with Crippen molar-refractivity contribution in [1.82, 2.24) is 9.96 Å². The molecule has 0 aromatic heterocycles. The number of hydrogen-bond donors (Lipinski definition) is 2. The van der Waals surface area contributed by atoms with Gasteiger partial charge in [-0.3, -0.25) is 19.3 Å². The number of carbonyl (C=O) groups is 2. The number of aliphatic hydroxyl groups excluding tert-OH is 1. The Kier molecular flexibility index (Phi) is 6.17. The Labute approximate surface area is 221 Å². The Hall–Kier alpha value is -1.83. The van der Waals surface area contributed by atoms with Crippen molar-refractivity contribution in [3.8, 4) is 17.2 Å². The lowest BCUT2D eigenvalue weighted by Crippen LogP contribution is -2.82. The van der Waals surface area contributed by atoms with Gasteiger partial charge in [0.1, 0.15) is 23.1 Å². The molecule has 0 unspecified atom stereocenters. The molecule has 0 bridgehead atoms. The molecule has 0 saturated carbocycles. The highest BCUT2D eigenvalue weighted by Gasteiger charge is 2.74. The van der Waals surface area contributed by atoms with Crippen LogP contribution < -0.4 is 14.2 Å². The predicted molar refractivity (Wildman–Crippen MR) is 134 cm³/mol. The van der Waals surface area contributed by atoms with E-state index < -0.39 is 50.8 Å². The first-order chi connectivity index (χ1) is 17.1. The molecule has 0 radical (unpaired) electrons. The van der Waals surface area contributed by atoms with Crippen molar-refractivity contribution >= 4 is 46.9 Å². The molecule has 4 aliphatic rings. The lowest BCUT2D eigenvalue weighted by atomic mass is 9.77. The number of rotatable bonds is 4. The summed E-state index contributed by atoms with van der Waals surface area (Å²) >= 11 is 8.83. The highest BCUT2D eigenvalue weighted by Crippen LogP contribution is 2.61. The SMILES string of the molecule is COc1ccc2c(c1OC)O[C@]1(C(=O)N3O[C@H]4[C@H](O)C=C[C@@H](Cl)[C@@]4(O)C[C@@]3(SC)C(=O)N1C)[C@@H]2SC. The van der Waals surface area contributed by atoms with Crippen LogP contribution in [0.3, 0.4) is 0 Å². The van der Waals surface area contributed by atoms with Crippen molar-refractivity contribution in [3.63, 3.8) is 0 Å². The third-order valence-corrected chi connectivity index (χ3v) is 10.2. The van der Waals surface area contributed by atoms with Gasteiger partial charge in [0, 0.05) is 19.0 Å². The molecule has 2 fully saturated rings. The Balaban J connectivity index is 1.66. The van der Waals surface area contributed by atoms with Gasteiger partial charge in [0.05, 0.1) is 19.6 Å². The summed E-state index contributed by atoms with van der Waals surface area (Å²) in [5.41, 5.74) is -2.96. The molecule has 7 atom stereocenters.